The van der Waals surface area contributed by atoms with Crippen LogP contribution >= 0.6 is 22.9 Å². The van der Waals surface area contributed by atoms with Crippen LogP contribution in [-0.4, -0.2) is 22.9 Å². The SMILES string of the molecule is CC1(C)CCCN1C(=O)c1sc2cc(Cl)ccc2c1N. The number of amides is 1. The van der Waals surface area contributed by atoms with Gasteiger partial charge in [-0.25, -0.2) is 0 Å². The standard InChI is InChI=1S/C15H17ClN2OS/c1-15(2)6-3-7-18(15)14(19)13-12(17)10-5-4-9(16)8-11(10)20-13/h4-5,8H,3,6-7,17H2,1-2H3. The second-order valence-corrected chi connectivity index (χ2v) is 7.35. The highest BCUT2D eigenvalue weighted by Gasteiger charge is 2.37. The minimum atomic E-state index is -0.0860. The average Bonchev–Trinajstić information content (AvgIpc) is 2.89. The summed E-state index contributed by atoms with van der Waals surface area (Å²) in [6.45, 7) is 5.02. The predicted molar refractivity (Wildman–Crippen MR) is 85.6 cm³/mol. The number of thiophene rings is 1. The maximum atomic E-state index is 12.8. The summed E-state index contributed by atoms with van der Waals surface area (Å²) in [4.78, 5) is 15.3. The molecule has 106 valence electrons. The van der Waals surface area contributed by atoms with Crippen molar-refractivity contribution in [2.24, 2.45) is 0 Å². The van der Waals surface area contributed by atoms with E-state index in [1.807, 2.05) is 17.0 Å². The molecule has 3 nitrogen and oxygen atoms in total. The molecule has 0 saturated carbocycles. The molecule has 2 aromatic rings. The van der Waals surface area contributed by atoms with Crippen LogP contribution in [0, 0.1) is 0 Å². The molecular formula is C15H17ClN2OS. The number of carbonyl (C=O) groups is 1. The van der Waals surface area contributed by atoms with Gasteiger partial charge in [0.25, 0.3) is 5.91 Å². The van der Waals surface area contributed by atoms with E-state index < -0.39 is 0 Å². The van der Waals surface area contributed by atoms with Crippen LogP contribution in [-0.2, 0) is 0 Å². The van der Waals surface area contributed by atoms with Crippen LogP contribution < -0.4 is 5.73 Å². The van der Waals surface area contributed by atoms with Gasteiger partial charge in [-0.2, -0.15) is 0 Å². The number of nitrogens with zero attached hydrogens (tertiary/aromatic N) is 1. The summed E-state index contributed by atoms with van der Waals surface area (Å²) >= 11 is 7.44. The molecule has 2 N–H and O–H groups in total. The van der Waals surface area contributed by atoms with E-state index in [1.165, 1.54) is 11.3 Å². The lowest BCUT2D eigenvalue weighted by molar-refractivity contribution is 0.0658. The van der Waals surface area contributed by atoms with Crippen LogP contribution in [0.1, 0.15) is 36.4 Å². The highest BCUT2D eigenvalue weighted by Crippen LogP contribution is 2.38. The van der Waals surface area contributed by atoms with Gasteiger partial charge in [0.05, 0.1) is 5.69 Å². The van der Waals surface area contributed by atoms with Gasteiger partial charge in [0.2, 0.25) is 0 Å². The third-order valence-corrected chi connectivity index (χ3v) is 5.42. The molecule has 1 fully saturated rings. The monoisotopic (exact) mass is 308 g/mol. The molecular weight excluding hydrogens is 292 g/mol. The second kappa shape index (κ2) is 4.64. The normalized spacial score (nSPS) is 17.9. The Morgan fingerprint density at radius 3 is 2.85 bits per heavy atom. The van der Waals surface area contributed by atoms with Crippen molar-refractivity contribution < 1.29 is 4.79 Å². The summed E-state index contributed by atoms with van der Waals surface area (Å²) in [5.41, 5.74) is 6.66. The molecule has 1 aromatic carbocycles. The number of anilines is 1. The summed E-state index contributed by atoms with van der Waals surface area (Å²) in [6, 6.07) is 5.56. The molecule has 20 heavy (non-hydrogen) atoms. The largest absolute Gasteiger partial charge is 0.397 e. The minimum absolute atomic E-state index is 0.0438. The first-order valence-corrected chi connectivity index (χ1v) is 7.89. The molecule has 0 radical (unpaired) electrons. The van der Waals surface area contributed by atoms with E-state index in [0.717, 1.165) is 29.5 Å². The van der Waals surface area contributed by atoms with Crippen molar-refractivity contribution >= 4 is 44.6 Å². The van der Waals surface area contributed by atoms with E-state index >= 15 is 0 Å². The maximum absolute atomic E-state index is 12.8. The van der Waals surface area contributed by atoms with E-state index in [2.05, 4.69) is 13.8 Å². The molecule has 0 atom stereocenters. The maximum Gasteiger partial charge on any atom is 0.266 e. The zero-order chi connectivity index (χ0) is 14.5. The van der Waals surface area contributed by atoms with Crippen LogP contribution in [0.25, 0.3) is 10.1 Å². The fourth-order valence-electron chi connectivity index (χ4n) is 2.86. The fraction of sp³-hybridized carbons (Fsp3) is 0.400. The lowest BCUT2D eigenvalue weighted by Gasteiger charge is -2.31. The Balaban J connectivity index is 2.06. The number of nitrogen functional groups attached to an aromatic ring is 1. The third kappa shape index (κ3) is 2.07. The molecule has 0 unspecified atom stereocenters. The molecule has 1 saturated heterocycles. The Morgan fingerprint density at radius 2 is 2.20 bits per heavy atom. The molecule has 1 aliphatic rings. The van der Waals surface area contributed by atoms with Gasteiger partial charge in [-0.15, -0.1) is 11.3 Å². The number of likely N-dealkylation sites (tertiary alicyclic amines) is 1. The van der Waals surface area contributed by atoms with Gasteiger partial charge in [0.15, 0.2) is 0 Å². The smallest absolute Gasteiger partial charge is 0.266 e. The van der Waals surface area contributed by atoms with Gasteiger partial charge in [-0.3, -0.25) is 4.79 Å². The van der Waals surface area contributed by atoms with E-state index in [4.69, 9.17) is 17.3 Å². The van der Waals surface area contributed by atoms with Crippen molar-refractivity contribution in [3.05, 3.63) is 28.1 Å². The van der Waals surface area contributed by atoms with Crippen LogP contribution in [0.2, 0.25) is 5.02 Å². The number of nitrogens with two attached hydrogens (primary N) is 1. The second-order valence-electron chi connectivity index (χ2n) is 5.86. The Morgan fingerprint density at radius 1 is 1.45 bits per heavy atom. The molecule has 5 heteroatoms. The van der Waals surface area contributed by atoms with Gasteiger partial charge in [-0.1, -0.05) is 11.6 Å². The summed E-state index contributed by atoms with van der Waals surface area (Å²) in [5, 5.41) is 1.58. The molecule has 0 spiro atoms. The quantitative estimate of drug-likeness (QED) is 0.860. The van der Waals surface area contributed by atoms with Crippen molar-refractivity contribution in [2.75, 3.05) is 12.3 Å². The number of hydrogen-bond donors (Lipinski definition) is 1. The zero-order valence-electron chi connectivity index (χ0n) is 11.6. The molecule has 2 heterocycles. The fourth-order valence-corrected chi connectivity index (χ4v) is 4.20. The topological polar surface area (TPSA) is 46.3 Å². The van der Waals surface area contributed by atoms with Crippen LogP contribution in [0.15, 0.2) is 18.2 Å². The molecule has 1 aromatic heterocycles. The number of halogens is 1. The minimum Gasteiger partial charge on any atom is -0.397 e. The Labute approximate surface area is 127 Å². The Hall–Kier alpha value is -1.26. The molecule has 1 amide bonds. The van der Waals surface area contributed by atoms with Gasteiger partial charge in [0, 0.05) is 27.2 Å². The molecule has 1 aliphatic heterocycles. The van der Waals surface area contributed by atoms with Gasteiger partial charge >= 0.3 is 0 Å². The highest BCUT2D eigenvalue weighted by atomic mass is 35.5. The molecule has 3 rings (SSSR count). The Bertz CT molecular complexity index is 692. The van der Waals surface area contributed by atoms with Crippen LogP contribution in [0.5, 0.6) is 0 Å². The Kier molecular flexibility index (Phi) is 3.18. The third-order valence-electron chi connectivity index (χ3n) is 4.03. The van der Waals surface area contributed by atoms with Gasteiger partial charge < -0.3 is 10.6 Å². The highest BCUT2D eigenvalue weighted by molar-refractivity contribution is 7.21. The average molecular weight is 309 g/mol. The molecule has 0 aliphatic carbocycles. The van der Waals surface area contributed by atoms with Crippen molar-refractivity contribution in [1.29, 1.82) is 0 Å². The van der Waals surface area contributed by atoms with E-state index in [-0.39, 0.29) is 11.4 Å². The van der Waals surface area contributed by atoms with Gasteiger partial charge in [0.1, 0.15) is 4.88 Å². The van der Waals surface area contributed by atoms with E-state index in [1.54, 1.807) is 6.07 Å². The first kappa shape index (κ1) is 13.7. The van der Waals surface area contributed by atoms with Gasteiger partial charge in [-0.05, 0) is 44.9 Å². The zero-order valence-corrected chi connectivity index (χ0v) is 13.1. The number of carbonyl (C=O) groups excluding carboxylic acids is 1. The number of benzene rings is 1. The number of fused-ring (bicyclic) bond motifs is 1. The summed E-state index contributed by atoms with van der Waals surface area (Å²) in [7, 11) is 0. The van der Waals surface area contributed by atoms with E-state index in [9.17, 15) is 4.79 Å². The number of hydrogen-bond acceptors (Lipinski definition) is 3. The van der Waals surface area contributed by atoms with Crippen LogP contribution in [0.4, 0.5) is 5.69 Å². The summed E-state index contributed by atoms with van der Waals surface area (Å²) in [6.07, 6.45) is 2.09. The van der Waals surface area contributed by atoms with Crippen molar-refractivity contribution in [2.45, 2.75) is 32.2 Å². The van der Waals surface area contributed by atoms with E-state index in [0.29, 0.717) is 15.6 Å². The van der Waals surface area contributed by atoms with Crippen molar-refractivity contribution in [3.8, 4) is 0 Å². The summed E-state index contributed by atoms with van der Waals surface area (Å²) in [5.74, 6) is 0.0438. The van der Waals surface area contributed by atoms with Crippen molar-refractivity contribution in [1.82, 2.24) is 4.90 Å². The first-order chi connectivity index (χ1) is 9.40. The predicted octanol–water partition coefficient (Wildman–Crippen LogP) is 4.15. The lowest BCUT2D eigenvalue weighted by atomic mass is 10.0. The van der Waals surface area contributed by atoms with Crippen LogP contribution in [0.3, 0.4) is 0 Å². The van der Waals surface area contributed by atoms with Crippen molar-refractivity contribution in [3.63, 3.8) is 0 Å². The number of rotatable bonds is 1. The summed E-state index contributed by atoms with van der Waals surface area (Å²) < 4.78 is 0.968. The lowest BCUT2D eigenvalue weighted by Crippen LogP contribution is -2.42. The first-order valence-electron chi connectivity index (χ1n) is 6.70. The molecule has 0 bridgehead atoms.